The van der Waals surface area contributed by atoms with Crippen LogP contribution in [0.25, 0.3) is 21.4 Å². The van der Waals surface area contributed by atoms with Crippen molar-refractivity contribution >= 4 is 43.8 Å². The van der Waals surface area contributed by atoms with Crippen LogP contribution in [0.5, 0.6) is 11.5 Å². The summed E-state index contributed by atoms with van der Waals surface area (Å²) in [4.78, 5) is 45.7. The molecule has 0 aliphatic rings. The van der Waals surface area contributed by atoms with Gasteiger partial charge < -0.3 is 19.4 Å². The van der Waals surface area contributed by atoms with Crippen LogP contribution in [-0.2, 0) is 25.4 Å². The normalized spacial score (nSPS) is 11.2. The highest BCUT2D eigenvalue weighted by atomic mass is 32.1. The molecule has 1 N–H and O–H groups in total. The molecule has 0 fully saturated rings. The first kappa shape index (κ1) is 19.6. The Morgan fingerprint density at radius 1 is 1.13 bits per heavy atom. The number of fused-ring (bicyclic) bond motifs is 2. The standard InChI is InChI=1S/C18H18N6O5S/c1-22-15-13(16(26)23(2)18(22)27)24(8-19-15)7-11(25)20-17-21-12-9(28-3)5-6-10(29-4)14(12)30-17/h5-6,8H,7H2,1-4H3,(H,20,21,25). The average molecular weight is 430 g/mol. The smallest absolute Gasteiger partial charge is 0.332 e. The van der Waals surface area contributed by atoms with E-state index in [1.807, 2.05) is 0 Å². The van der Waals surface area contributed by atoms with E-state index in [1.54, 1.807) is 19.2 Å². The van der Waals surface area contributed by atoms with Crippen molar-refractivity contribution in [2.24, 2.45) is 14.1 Å². The molecule has 0 unspecified atom stereocenters. The van der Waals surface area contributed by atoms with Crippen LogP contribution in [0.4, 0.5) is 5.13 Å². The van der Waals surface area contributed by atoms with E-state index in [9.17, 15) is 14.4 Å². The molecule has 1 amide bonds. The first-order chi connectivity index (χ1) is 14.3. The van der Waals surface area contributed by atoms with Crippen molar-refractivity contribution in [3.05, 3.63) is 39.3 Å². The SMILES string of the molecule is COc1ccc(OC)c2sc(NC(=O)Cn3cnc4c3c(=O)n(C)c(=O)n4C)nc12. The van der Waals surface area contributed by atoms with Gasteiger partial charge in [0.25, 0.3) is 5.56 Å². The summed E-state index contributed by atoms with van der Waals surface area (Å²) in [6.07, 6.45) is 1.36. The molecule has 0 saturated heterocycles. The van der Waals surface area contributed by atoms with Gasteiger partial charge in [0.15, 0.2) is 16.3 Å². The molecule has 0 aliphatic carbocycles. The van der Waals surface area contributed by atoms with Gasteiger partial charge in [0.1, 0.15) is 28.3 Å². The number of carbonyl (C=O) groups is 1. The lowest BCUT2D eigenvalue weighted by molar-refractivity contribution is -0.116. The number of aromatic nitrogens is 5. The van der Waals surface area contributed by atoms with E-state index in [2.05, 4.69) is 15.3 Å². The minimum atomic E-state index is -0.521. The fourth-order valence-electron chi connectivity index (χ4n) is 3.17. The Morgan fingerprint density at radius 2 is 1.83 bits per heavy atom. The second-order valence-corrected chi connectivity index (χ2v) is 7.46. The molecular weight excluding hydrogens is 412 g/mol. The third-order valence-electron chi connectivity index (χ3n) is 4.69. The number of anilines is 1. The van der Waals surface area contributed by atoms with Gasteiger partial charge in [-0.1, -0.05) is 11.3 Å². The summed E-state index contributed by atoms with van der Waals surface area (Å²) in [7, 11) is 5.99. The van der Waals surface area contributed by atoms with E-state index in [-0.39, 0.29) is 17.7 Å². The maximum Gasteiger partial charge on any atom is 0.332 e. The van der Waals surface area contributed by atoms with Gasteiger partial charge in [0, 0.05) is 14.1 Å². The van der Waals surface area contributed by atoms with Crippen LogP contribution < -0.4 is 26.0 Å². The molecule has 3 aromatic heterocycles. The lowest BCUT2D eigenvalue weighted by Gasteiger charge is -2.06. The summed E-state index contributed by atoms with van der Waals surface area (Å²) in [5.41, 5.74) is -0.0470. The fraction of sp³-hybridized carbons (Fsp3) is 0.278. The molecule has 3 heterocycles. The summed E-state index contributed by atoms with van der Waals surface area (Å²) >= 11 is 1.25. The maximum atomic E-state index is 12.6. The van der Waals surface area contributed by atoms with Crippen LogP contribution in [0.15, 0.2) is 28.0 Å². The van der Waals surface area contributed by atoms with Gasteiger partial charge in [0.05, 0.1) is 20.5 Å². The minimum Gasteiger partial charge on any atom is -0.495 e. The van der Waals surface area contributed by atoms with Crippen molar-refractivity contribution in [3.8, 4) is 11.5 Å². The van der Waals surface area contributed by atoms with Gasteiger partial charge in [-0.15, -0.1) is 0 Å². The van der Waals surface area contributed by atoms with Gasteiger partial charge in [-0.25, -0.2) is 14.8 Å². The second-order valence-electron chi connectivity index (χ2n) is 6.47. The molecule has 11 nitrogen and oxygen atoms in total. The molecular formula is C18H18N6O5S. The number of aryl methyl sites for hydroxylation is 1. The predicted molar refractivity (Wildman–Crippen MR) is 112 cm³/mol. The van der Waals surface area contributed by atoms with Crippen molar-refractivity contribution in [3.63, 3.8) is 0 Å². The number of hydrogen-bond donors (Lipinski definition) is 1. The van der Waals surface area contributed by atoms with E-state index in [4.69, 9.17) is 9.47 Å². The largest absolute Gasteiger partial charge is 0.495 e. The molecule has 0 aliphatic heterocycles. The number of carbonyl (C=O) groups excluding carboxylic acids is 1. The lowest BCUT2D eigenvalue weighted by Crippen LogP contribution is -2.37. The Morgan fingerprint density at radius 3 is 2.53 bits per heavy atom. The third-order valence-corrected chi connectivity index (χ3v) is 5.67. The molecule has 12 heteroatoms. The van der Waals surface area contributed by atoms with Gasteiger partial charge >= 0.3 is 5.69 Å². The van der Waals surface area contributed by atoms with E-state index in [0.717, 1.165) is 9.27 Å². The van der Waals surface area contributed by atoms with Gasteiger partial charge in [0.2, 0.25) is 5.91 Å². The molecule has 0 radical (unpaired) electrons. The Bertz CT molecular complexity index is 1370. The lowest BCUT2D eigenvalue weighted by atomic mass is 10.3. The van der Waals surface area contributed by atoms with Crippen molar-refractivity contribution in [1.29, 1.82) is 0 Å². The molecule has 1 aromatic carbocycles. The minimum absolute atomic E-state index is 0.169. The zero-order valence-corrected chi connectivity index (χ0v) is 17.4. The van der Waals surface area contributed by atoms with Crippen molar-refractivity contribution in [2.45, 2.75) is 6.54 Å². The van der Waals surface area contributed by atoms with Gasteiger partial charge in [-0.3, -0.25) is 18.7 Å². The van der Waals surface area contributed by atoms with Crippen LogP contribution in [0.2, 0.25) is 0 Å². The molecule has 30 heavy (non-hydrogen) atoms. The number of imidazole rings is 1. The maximum absolute atomic E-state index is 12.6. The first-order valence-electron chi connectivity index (χ1n) is 8.78. The molecule has 0 spiro atoms. The average Bonchev–Trinajstić information content (AvgIpc) is 3.34. The summed E-state index contributed by atoms with van der Waals surface area (Å²) in [5, 5.41) is 3.09. The molecule has 156 valence electrons. The Kier molecular flexibility index (Phi) is 4.78. The van der Waals surface area contributed by atoms with Crippen LogP contribution in [-0.4, -0.2) is 43.8 Å². The number of rotatable bonds is 5. The van der Waals surface area contributed by atoms with E-state index >= 15 is 0 Å². The number of thiazole rings is 1. The molecule has 0 saturated carbocycles. The predicted octanol–water partition coefficient (Wildman–Crippen LogP) is 0.699. The molecule has 0 atom stereocenters. The molecule has 0 bridgehead atoms. The molecule has 4 aromatic rings. The number of amides is 1. The van der Waals surface area contributed by atoms with E-state index in [0.29, 0.717) is 22.1 Å². The molecule has 4 rings (SSSR count). The summed E-state index contributed by atoms with van der Waals surface area (Å²) in [5.74, 6) is 0.781. The first-order valence-corrected chi connectivity index (χ1v) is 9.59. The van der Waals surface area contributed by atoms with E-state index < -0.39 is 17.2 Å². The number of ether oxygens (including phenoxy) is 2. The summed E-state index contributed by atoms with van der Waals surface area (Å²) in [6.45, 7) is -0.172. The number of hydrogen-bond acceptors (Lipinski definition) is 8. The Balaban J connectivity index is 1.66. The van der Waals surface area contributed by atoms with Gasteiger partial charge in [-0.05, 0) is 12.1 Å². The van der Waals surface area contributed by atoms with Crippen molar-refractivity contribution < 1.29 is 14.3 Å². The highest BCUT2D eigenvalue weighted by Crippen LogP contribution is 2.38. The van der Waals surface area contributed by atoms with E-state index in [1.165, 1.54) is 48.0 Å². The Hall–Kier alpha value is -3.67. The highest BCUT2D eigenvalue weighted by Gasteiger charge is 2.18. The summed E-state index contributed by atoms with van der Waals surface area (Å²) in [6, 6.07) is 3.51. The number of methoxy groups -OCH3 is 2. The van der Waals surface area contributed by atoms with Crippen LogP contribution in [0.1, 0.15) is 0 Å². The van der Waals surface area contributed by atoms with Crippen LogP contribution in [0, 0.1) is 0 Å². The quantitative estimate of drug-likeness (QED) is 0.494. The van der Waals surface area contributed by atoms with Crippen molar-refractivity contribution in [1.82, 2.24) is 23.7 Å². The van der Waals surface area contributed by atoms with Crippen molar-refractivity contribution in [2.75, 3.05) is 19.5 Å². The second kappa shape index (κ2) is 7.30. The van der Waals surface area contributed by atoms with Gasteiger partial charge in [-0.2, -0.15) is 0 Å². The number of nitrogens with zero attached hydrogens (tertiary/aromatic N) is 5. The monoisotopic (exact) mass is 430 g/mol. The Labute approximate surface area is 173 Å². The van der Waals surface area contributed by atoms with Crippen LogP contribution >= 0.6 is 11.3 Å². The number of benzene rings is 1. The summed E-state index contributed by atoms with van der Waals surface area (Å²) < 4.78 is 15.1. The fourth-order valence-corrected chi connectivity index (χ4v) is 4.16. The third kappa shape index (κ3) is 3.01. The zero-order valence-electron chi connectivity index (χ0n) is 16.6. The number of nitrogens with one attached hydrogen (secondary N) is 1. The topological polar surface area (TPSA) is 122 Å². The highest BCUT2D eigenvalue weighted by molar-refractivity contribution is 7.22. The zero-order chi connectivity index (χ0) is 21.6. The van der Waals surface area contributed by atoms with Crippen LogP contribution in [0.3, 0.4) is 0 Å².